The van der Waals surface area contributed by atoms with Crippen molar-refractivity contribution in [3.63, 3.8) is 0 Å². The first-order valence-electron chi connectivity index (χ1n) is 11.2. The maximum absolute atomic E-state index is 14.4. The van der Waals surface area contributed by atoms with Crippen LogP contribution in [0.25, 0.3) is 0 Å². The fourth-order valence-corrected chi connectivity index (χ4v) is 6.45. The minimum atomic E-state index is -3.57. The van der Waals surface area contributed by atoms with Crippen LogP contribution in [0.2, 0.25) is 0 Å². The minimum absolute atomic E-state index is 0.234. The molecule has 8 heteroatoms. The molecule has 7 nitrogen and oxygen atoms in total. The Morgan fingerprint density at radius 3 is 2.35 bits per heavy atom. The molecule has 2 unspecified atom stereocenters. The van der Waals surface area contributed by atoms with E-state index >= 15 is 0 Å². The Balaban J connectivity index is 1.63. The molecule has 0 aliphatic carbocycles. The first kappa shape index (κ1) is 24.2. The van der Waals surface area contributed by atoms with E-state index in [1.54, 1.807) is 43.0 Å². The zero-order valence-corrected chi connectivity index (χ0v) is 20.2. The van der Waals surface area contributed by atoms with Gasteiger partial charge in [-0.15, -0.1) is 0 Å². The second-order valence-corrected chi connectivity index (χ2v) is 10.3. The Kier molecular flexibility index (Phi) is 7.80. The zero-order valence-electron chi connectivity index (χ0n) is 19.3. The molecule has 1 aliphatic rings. The molecule has 0 saturated carbocycles. The van der Waals surface area contributed by atoms with Gasteiger partial charge in [-0.05, 0) is 54.3 Å². The fourth-order valence-electron chi connectivity index (χ4n) is 4.09. The molecule has 3 aromatic rings. The van der Waals surface area contributed by atoms with E-state index in [0.717, 1.165) is 16.7 Å². The van der Waals surface area contributed by atoms with Crippen LogP contribution in [0.3, 0.4) is 0 Å². The van der Waals surface area contributed by atoms with E-state index in [2.05, 4.69) is 5.48 Å². The van der Waals surface area contributed by atoms with Gasteiger partial charge in [0.1, 0.15) is 11.8 Å². The van der Waals surface area contributed by atoms with Crippen LogP contribution in [0.4, 0.5) is 0 Å². The van der Waals surface area contributed by atoms with Gasteiger partial charge in [-0.2, -0.15) is 0 Å². The van der Waals surface area contributed by atoms with Gasteiger partial charge in [-0.1, -0.05) is 54.6 Å². The molecule has 3 aromatic carbocycles. The van der Waals surface area contributed by atoms with Crippen LogP contribution in [0.1, 0.15) is 23.6 Å². The van der Waals surface area contributed by atoms with Crippen LogP contribution in [-0.4, -0.2) is 30.3 Å². The molecule has 4 rings (SSSR count). The third-order valence-corrected chi connectivity index (χ3v) is 8.48. The molecule has 2 atom stereocenters. The number of methoxy groups -OCH3 is 1. The van der Waals surface area contributed by atoms with Crippen molar-refractivity contribution in [3.05, 3.63) is 95.6 Å². The molecule has 34 heavy (non-hydrogen) atoms. The van der Waals surface area contributed by atoms with Gasteiger partial charge in [-0.25, -0.2) is 10.2 Å². The molecule has 0 aromatic heterocycles. The summed E-state index contributed by atoms with van der Waals surface area (Å²) in [5.74, 6) is 0.290. The van der Waals surface area contributed by atoms with Crippen LogP contribution >= 0.6 is 7.52 Å². The highest BCUT2D eigenvalue weighted by Gasteiger charge is 2.44. The number of amides is 1. The summed E-state index contributed by atoms with van der Waals surface area (Å²) in [5, 5.41) is 0.512. The number of ether oxygens (including phenoxy) is 1. The van der Waals surface area contributed by atoms with E-state index in [1.165, 1.54) is 0 Å². The topological polar surface area (TPSA) is 77.1 Å². The number of hydroxylamine groups is 1. The zero-order chi connectivity index (χ0) is 24.0. The molecule has 1 heterocycles. The second-order valence-electron chi connectivity index (χ2n) is 7.96. The van der Waals surface area contributed by atoms with Crippen molar-refractivity contribution in [1.82, 2.24) is 10.2 Å². The number of fused-ring (bicyclic) bond motifs is 1. The summed E-state index contributed by atoms with van der Waals surface area (Å²) in [6.45, 7) is 2.58. The van der Waals surface area contributed by atoms with Gasteiger partial charge < -0.3 is 9.26 Å². The van der Waals surface area contributed by atoms with Gasteiger partial charge >= 0.3 is 7.52 Å². The van der Waals surface area contributed by atoms with E-state index < -0.39 is 13.6 Å². The monoisotopic (exact) mass is 480 g/mol. The summed E-state index contributed by atoms with van der Waals surface area (Å²) in [6.07, 6.45) is 0.393. The number of rotatable bonds is 9. The van der Waals surface area contributed by atoms with Gasteiger partial charge in [0, 0.05) is 6.54 Å². The van der Waals surface area contributed by atoms with E-state index in [4.69, 9.17) is 14.1 Å². The SMILES string of the molecule is CCOP(=O)(c1ccc(OC)cc1)N1Cc2ccccc2CC1C(=O)NOCc1ccccc1. The Labute approximate surface area is 200 Å². The first-order valence-corrected chi connectivity index (χ1v) is 12.8. The van der Waals surface area contributed by atoms with Gasteiger partial charge in [0.15, 0.2) is 0 Å². The lowest BCUT2D eigenvalue weighted by atomic mass is 9.95. The van der Waals surface area contributed by atoms with E-state index in [1.807, 2.05) is 54.6 Å². The highest BCUT2D eigenvalue weighted by molar-refractivity contribution is 7.64. The molecular weight excluding hydrogens is 451 g/mol. The molecule has 0 spiro atoms. The number of benzene rings is 3. The lowest BCUT2D eigenvalue weighted by Crippen LogP contribution is -2.50. The van der Waals surface area contributed by atoms with Crippen molar-refractivity contribution in [3.8, 4) is 5.75 Å². The molecule has 178 valence electrons. The highest BCUT2D eigenvalue weighted by atomic mass is 31.2. The van der Waals surface area contributed by atoms with Gasteiger partial charge in [0.05, 0.1) is 25.6 Å². The number of carbonyl (C=O) groups excluding carboxylic acids is 1. The Bertz CT molecular complexity index is 1150. The van der Waals surface area contributed by atoms with Crippen LogP contribution in [0, 0.1) is 0 Å². The summed E-state index contributed by atoms with van der Waals surface area (Å²) in [5.41, 5.74) is 5.57. The van der Waals surface area contributed by atoms with E-state index in [9.17, 15) is 9.36 Å². The lowest BCUT2D eigenvalue weighted by molar-refractivity contribution is -0.139. The lowest BCUT2D eigenvalue weighted by Gasteiger charge is -2.40. The normalized spacial score (nSPS) is 17.4. The summed E-state index contributed by atoms with van der Waals surface area (Å²) >= 11 is 0. The van der Waals surface area contributed by atoms with Gasteiger partial charge in [0.25, 0.3) is 5.91 Å². The molecular formula is C26H29N2O5P. The maximum Gasteiger partial charge on any atom is 0.303 e. The van der Waals surface area contributed by atoms with Crippen LogP contribution in [-0.2, 0) is 38.3 Å². The quantitative estimate of drug-likeness (QED) is 0.365. The summed E-state index contributed by atoms with van der Waals surface area (Å²) in [4.78, 5) is 18.8. The van der Waals surface area contributed by atoms with Crippen molar-refractivity contribution >= 4 is 18.7 Å². The maximum atomic E-state index is 14.4. The number of hydrogen-bond donors (Lipinski definition) is 1. The Morgan fingerprint density at radius 2 is 1.68 bits per heavy atom. The average Bonchev–Trinajstić information content (AvgIpc) is 2.88. The minimum Gasteiger partial charge on any atom is -0.497 e. The highest BCUT2D eigenvalue weighted by Crippen LogP contribution is 2.53. The molecule has 1 N–H and O–H groups in total. The molecule has 0 saturated heterocycles. The van der Waals surface area contributed by atoms with E-state index in [0.29, 0.717) is 24.0 Å². The molecule has 0 bridgehead atoms. The summed E-state index contributed by atoms with van der Waals surface area (Å²) in [6, 6.07) is 23.7. The van der Waals surface area contributed by atoms with Crippen LogP contribution in [0.15, 0.2) is 78.9 Å². The van der Waals surface area contributed by atoms with Crippen molar-refractivity contribution in [2.75, 3.05) is 13.7 Å². The van der Waals surface area contributed by atoms with Gasteiger partial charge in [-0.3, -0.25) is 14.2 Å². The van der Waals surface area contributed by atoms with Crippen LogP contribution in [0.5, 0.6) is 5.75 Å². The third kappa shape index (κ3) is 5.24. The number of carbonyl (C=O) groups is 1. The standard InChI is InChI=1S/C26H29N2O5P/c1-3-33-34(30,24-15-13-23(31-2)14-16-24)28-18-22-12-8-7-11-21(22)17-25(28)26(29)27-32-19-20-9-5-4-6-10-20/h4-16,25H,3,17-19H2,1-2H3,(H,27,29). The number of hydrogen-bond acceptors (Lipinski definition) is 5. The third-order valence-electron chi connectivity index (χ3n) is 5.82. The Morgan fingerprint density at radius 1 is 1.00 bits per heavy atom. The predicted octanol–water partition coefficient (Wildman–Crippen LogP) is 4.23. The number of nitrogens with zero attached hydrogens (tertiary/aromatic N) is 1. The van der Waals surface area contributed by atoms with Crippen LogP contribution < -0.4 is 15.5 Å². The fraction of sp³-hybridized carbons (Fsp3) is 0.269. The van der Waals surface area contributed by atoms with E-state index in [-0.39, 0.29) is 19.1 Å². The molecule has 0 radical (unpaired) electrons. The van der Waals surface area contributed by atoms with Crippen molar-refractivity contribution < 1.29 is 23.5 Å². The van der Waals surface area contributed by atoms with Gasteiger partial charge in [0.2, 0.25) is 0 Å². The summed E-state index contributed by atoms with van der Waals surface area (Å²) < 4.78 is 27.3. The predicted molar refractivity (Wildman–Crippen MR) is 131 cm³/mol. The van der Waals surface area contributed by atoms with Crippen molar-refractivity contribution in [1.29, 1.82) is 0 Å². The Hall–Kier alpha value is -2.96. The molecule has 1 amide bonds. The second kappa shape index (κ2) is 11.0. The number of nitrogens with one attached hydrogen (secondary N) is 1. The molecule has 0 fully saturated rings. The molecule has 1 aliphatic heterocycles. The first-order chi connectivity index (χ1) is 16.5. The smallest absolute Gasteiger partial charge is 0.303 e. The average molecular weight is 481 g/mol. The van der Waals surface area contributed by atoms with Crippen molar-refractivity contribution in [2.24, 2.45) is 0 Å². The largest absolute Gasteiger partial charge is 0.497 e. The van der Waals surface area contributed by atoms with Crippen molar-refractivity contribution in [2.45, 2.75) is 32.5 Å². The summed E-state index contributed by atoms with van der Waals surface area (Å²) in [7, 11) is -1.99.